The van der Waals surface area contributed by atoms with E-state index in [1.54, 1.807) is 4.80 Å². The number of aromatic nitrogens is 4. The molecule has 0 radical (unpaired) electrons. The number of rotatable bonds is 14. The maximum absolute atomic E-state index is 11.1. The molecule has 1 heterocycles. The van der Waals surface area contributed by atoms with E-state index in [1.807, 2.05) is 0 Å². The van der Waals surface area contributed by atoms with Crippen LogP contribution >= 0.6 is 0 Å². The third kappa shape index (κ3) is 10.0. The molecule has 0 aliphatic carbocycles. The smallest absolute Gasteiger partial charge is 0.305 e. The minimum absolute atomic E-state index is 0.240. The van der Waals surface area contributed by atoms with Crippen molar-refractivity contribution in [2.45, 2.75) is 90.5 Å². The molecule has 23 heavy (non-hydrogen) atoms. The zero-order valence-electron chi connectivity index (χ0n) is 14.8. The summed E-state index contributed by atoms with van der Waals surface area (Å²) in [6.07, 6.45) is 14.0. The van der Waals surface area contributed by atoms with Gasteiger partial charge in [0.05, 0.1) is 20.1 Å². The number of ether oxygens (including phenoxy) is 1. The average molecular weight is 324 g/mol. The van der Waals surface area contributed by atoms with E-state index in [4.69, 9.17) is 0 Å². The summed E-state index contributed by atoms with van der Waals surface area (Å²) in [5.74, 6) is 0.374. The van der Waals surface area contributed by atoms with Gasteiger partial charge in [-0.3, -0.25) is 4.79 Å². The lowest BCUT2D eigenvalue weighted by molar-refractivity contribution is -0.140. The number of hydrogen-bond acceptors (Lipinski definition) is 5. The third-order valence-corrected chi connectivity index (χ3v) is 3.99. The first kappa shape index (κ1) is 19.6. The van der Waals surface area contributed by atoms with Gasteiger partial charge < -0.3 is 4.74 Å². The van der Waals surface area contributed by atoms with Crippen molar-refractivity contribution in [1.29, 1.82) is 0 Å². The van der Waals surface area contributed by atoms with Crippen LogP contribution in [0.25, 0.3) is 0 Å². The van der Waals surface area contributed by atoms with Gasteiger partial charge in [-0.2, -0.15) is 4.80 Å². The molecule has 132 valence electrons. The summed E-state index contributed by atoms with van der Waals surface area (Å²) in [4.78, 5) is 12.7. The Bertz CT molecular complexity index is 420. The standard InChI is InChI=1S/C17H32N4O2/c1-3-4-5-6-7-8-9-10-11-12-15-21-19-16(18-20-21)13-14-17(22)23-2/h3-15H2,1-2H3. The number of nitrogens with zero attached hydrogens (tertiary/aromatic N) is 4. The van der Waals surface area contributed by atoms with Crippen LogP contribution in [0.15, 0.2) is 0 Å². The maximum Gasteiger partial charge on any atom is 0.305 e. The number of unbranched alkanes of at least 4 members (excludes halogenated alkanes) is 9. The molecule has 0 atom stereocenters. The van der Waals surface area contributed by atoms with Crippen LogP contribution in [0.3, 0.4) is 0 Å². The topological polar surface area (TPSA) is 69.9 Å². The number of methoxy groups -OCH3 is 1. The quantitative estimate of drug-likeness (QED) is 0.385. The second-order valence-electron chi connectivity index (χ2n) is 6.06. The molecular formula is C17H32N4O2. The zero-order valence-corrected chi connectivity index (χ0v) is 14.8. The molecule has 1 aromatic heterocycles. The van der Waals surface area contributed by atoms with Gasteiger partial charge in [-0.1, -0.05) is 64.7 Å². The van der Waals surface area contributed by atoms with Crippen molar-refractivity contribution in [2.75, 3.05) is 7.11 Å². The van der Waals surface area contributed by atoms with Crippen molar-refractivity contribution < 1.29 is 9.53 Å². The molecule has 0 unspecified atom stereocenters. The van der Waals surface area contributed by atoms with Gasteiger partial charge in [0.2, 0.25) is 0 Å². The van der Waals surface area contributed by atoms with E-state index >= 15 is 0 Å². The highest BCUT2D eigenvalue weighted by molar-refractivity contribution is 5.69. The summed E-state index contributed by atoms with van der Waals surface area (Å²) in [5, 5.41) is 12.3. The van der Waals surface area contributed by atoms with Crippen LogP contribution in [-0.2, 0) is 22.5 Å². The van der Waals surface area contributed by atoms with Gasteiger partial charge in [-0.15, -0.1) is 10.2 Å². The van der Waals surface area contributed by atoms with Crippen LogP contribution in [0.2, 0.25) is 0 Å². The van der Waals surface area contributed by atoms with Crippen LogP contribution in [0.5, 0.6) is 0 Å². The predicted octanol–water partition coefficient (Wildman–Crippen LogP) is 3.70. The molecule has 6 heteroatoms. The van der Waals surface area contributed by atoms with E-state index in [0.717, 1.165) is 13.0 Å². The van der Waals surface area contributed by atoms with Crippen LogP contribution < -0.4 is 0 Å². The van der Waals surface area contributed by atoms with Gasteiger partial charge in [-0.05, 0) is 11.6 Å². The lowest BCUT2D eigenvalue weighted by atomic mass is 10.1. The highest BCUT2D eigenvalue weighted by Gasteiger charge is 2.06. The molecule has 0 fully saturated rings. The van der Waals surface area contributed by atoms with E-state index in [0.29, 0.717) is 18.7 Å². The first-order chi connectivity index (χ1) is 11.3. The molecule has 0 aliphatic heterocycles. The minimum Gasteiger partial charge on any atom is -0.469 e. The Balaban J connectivity index is 1.97. The van der Waals surface area contributed by atoms with Crippen molar-refractivity contribution in [2.24, 2.45) is 0 Å². The lowest BCUT2D eigenvalue weighted by Crippen LogP contribution is -2.05. The molecular weight excluding hydrogens is 292 g/mol. The number of carbonyl (C=O) groups is 1. The first-order valence-electron chi connectivity index (χ1n) is 9.09. The monoisotopic (exact) mass is 324 g/mol. The van der Waals surface area contributed by atoms with E-state index < -0.39 is 0 Å². The Morgan fingerprint density at radius 3 is 2.22 bits per heavy atom. The van der Waals surface area contributed by atoms with Crippen LogP contribution in [0.4, 0.5) is 0 Å². The predicted molar refractivity (Wildman–Crippen MR) is 90.0 cm³/mol. The number of aryl methyl sites for hydroxylation is 2. The van der Waals surface area contributed by atoms with Gasteiger partial charge in [0.15, 0.2) is 5.82 Å². The fourth-order valence-electron chi connectivity index (χ4n) is 2.53. The van der Waals surface area contributed by atoms with Crippen molar-refractivity contribution >= 4 is 5.97 Å². The Morgan fingerprint density at radius 1 is 1.00 bits per heavy atom. The normalized spacial score (nSPS) is 10.9. The van der Waals surface area contributed by atoms with Crippen LogP contribution in [-0.4, -0.2) is 33.3 Å². The molecule has 6 nitrogen and oxygen atoms in total. The first-order valence-corrected chi connectivity index (χ1v) is 9.09. The van der Waals surface area contributed by atoms with Gasteiger partial charge in [0.1, 0.15) is 0 Å². The van der Waals surface area contributed by atoms with E-state index in [2.05, 4.69) is 27.1 Å². The van der Waals surface area contributed by atoms with E-state index in [1.165, 1.54) is 64.9 Å². The summed E-state index contributed by atoms with van der Waals surface area (Å²) in [5.41, 5.74) is 0. The molecule has 0 spiro atoms. The Kier molecular flexibility index (Phi) is 11.1. The molecule has 0 aliphatic rings. The van der Waals surface area contributed by atoms with E-state index in [9.17, 15) is 4.79 Å². The Hall–Kier alpha value is -1.46. The molecule has 0 aromatic carbocycles. The van der Waals surface area contributed by atoms with Crippen molar-refractivity contribution in [3.63, 3.8) is 0 Å². The summed E-state index contributed by atoms with van der Waals surface area (Å²) in [6, 6.07) is 0. The largest absolute Gasteiger partial charge is 0.469 e. The Morgan fingerprint density at radius 2 is 1.61 bits per heavy atom. The minimum atomic E-state index is -0.240. The van der Waals surface area contributed by atoms with Crippen LogP contribution in [0.1, 0.15) is 83.4 Å². The van der Waals surface area contributed by atoms with Crippen molar-refractivity contribution in [3.05, 3.63) is 5.82 Å². The molecule has 0 bridgehead atoms. The van der Waals surface area contributed by atoms with Gasteiger partial charge in [0, 0.05) is 6.42 Å². The highest BCUT2D eigenvalue weighted by Crippen LogP contribution is 2.10. The third-order valence-electron chi connectivity index (χ3n) is 3.99. The van der Waals surface area contributed by atoms with Gasteiger partial charge >= 0.3 is 5.97 Å². The fourth-order valence-corrected chi connectivity index (χ4v) is 2.53. The van der Waals surface area contributed by atoms with E-state index in [-0.39, 0.29) is 5.97 Å². The van der Waals surface area contributed by atoms with Crippen LogP contribution in [0, 0.1) is 0 Å². The zero-order chi connectivity index (χ0) is 16.8. The molecule has 0 saturated heterocycles. The summed E-state index contributed by atoms with van der Waals surface area (Å²) in [7, 11) is 1.39. The lowest BCUT2D eigenvalue weighted by Gasteiger charge is -2.02. The molecule has 1 aromatic rings. The Labute approximate surface area is 140 Å². The molecule has 0 N–H and O–H groups in total. The fraction of sp³-hybridized carbons (Fsp3) is 0.882. The van der Waals surface area contributed by atoms with Crippen molar-refractivity contribution in [1.82, 2.24) is 20.2 Å². The second kappa shape index (κ2) is 13.0. The number of tetrazole rings is 1. The number of carbonyl (C=O) groups excluding carboxylic acids is 1. The highest BCUT2D eigenvalue weighted by atomic mass is 16.5. The van der Waals surface area contributed by atoms with Crippen molar-refractivity contribution in [3.8, 4) is 0 Å². The number of esters is 1. The molecule has 1 rings (SSSR count). The average Bonchev–Trinajstić information content (AvgIpc) is 3.02. The van der Waals surface area contributed by atoms with Gasteiger partial charge in [0.25, 0.3) is 0 Å². The second-order valence-corrected chi connectivity index (χ2v) is 6.06. The summed E-state index contributed by atoms with van der Waals surface area (Å²) < 4.78 is 4.60. The number of hydrogen-bond donors (Lipinski definition) is 0. The molecule has 0 amide bonds. The molecule has 0 saturated carbocycles. The SMILES string of the molecule is CCCCCCCCCCCCn1nnc(CCC(=O)OC)n1. The van der Waals surface area contributed by atoms with Gasteiger partial charge in [-0.25, -0.2) is 0 Å². The summed E-state index contributed by atoms with van der Waals surface area (Å²) >= 11 is 0. The summed E-state index contributed by atoms with van der Waals surface area (Å²) in [6.45, 7) is 3.06. The maximum atomic E-state index is 11.1.